The van der Waals surface area contributed by atoms with Crippen molar-refractivity contribution in [3.8, 4) is 5.69 Å². The molecule has 5 heteroatoms. The molecule has 0 fully saturated rings. The highest BCUT2D eigenvalue weighted by Gasteiger charge is 2.11. The zero-order chi connectivity index (χ0) is 12.6. The molecule has 0 aliphatic carbocycles. The SMILES string of the molecule is Cc1nn(-c2cccc(C(=O)Cl)c2)c(C)c1Cl. The second-order valence-corrected chi connectivity index (χ2v) is 4.44. The Bertz CT molecular complexity index is 590. The number of carbonyl (C=O) groups is 1. The molecule has 88 valence electrons. The summed E-state index contributed by atoms with van der Waals surface area (Å²) >= 11 is 11.5. The Kier molecular flexibility index (Phi) is 3.22. The van der Waals surface area contributed by atoms with Crippen molar-refractivity contribution in [2.75, 3.05) is 0 Å². The minimum atomic E-state index is -0.487. The lowest BCUT2D eigenvalue weighted by Gasteiger charge is -2.05. The number of benzene rings is 1. The average molecular weight is 269 g/mol. The molecule has 0 spiro atoms. The molecule has 0 radical (unpaired) electrons. The summed E-state index contributed by atoms with van der Waals surface area (Å²) in [6, 6.07) is 6.95. The molecule has 0 saturated carbocycles. The number of hydrogen-bond donors (Lipinski definition) is 0. The highest BCUT2D eigenvalue weighted by atomic mass is 35.5. The van der Waals surface area contributed by atoms with Crippen LogP contribution in [0.5, 0.6) is 0 Å². The molecule has 0 bridgehead atoms. The number of hydrogen-bond acceptors (Lipinski definition) is 2. The summed E-state index contributed by atoms with van der Waals surface area (Å²) in [5.41, 5.74) is 2.80. The van der Waals surface area contributed by atoms with Gasteiger partial charge in [-0.3, -0.25) is 4.79 Å². The van der Waals surface area contributed by atoms with E-state index >= 15 is 0 Å². The molecule has 1 heterocycles. The minimum absolute atomic E-state index is 0.438. The Labute approximate surface area is 109 Å². The van der Waals surface area contributed by atoms with Gasteiger partial charge in [-0.15, -0.1) is 0 Å². The molecule has 3 nitrogen and oxygen atoms in total. The fourth-order valence-corrected chi connectivity index (χ4v) is 1.87. The van der Waals surface area contributed by atoms with E-state index < -0.39 is 5.24 Å². The van der Waals surface area contributed by atoms with Crippen LogP contribution in [0.4, 0.5) is 0 Å². The van der Waals surface area contributed by atoms with Crippen LogP contribution in [0.1, 0.15) is 21.7 Å². The first kappa shape index (κ1) is 12.1. The van der Waals surface area contributed by atoms with Gasteiger partial charge < -0.3 is 0 Å². The van der Waals surface area contributed by atoms with E-state index in [9.17, 15) is 4.79 Å². The Morgan fingerprint density at radius 1 is 1.35 bits per heavy atom. The summed E-state index contributed by atoms with van der Waals surface area (Å²) in [5, 5.41) is 4.46. The van der Waals surface area contributed by atoms with Crippen molar-refractivity contribution in [1.82, 2.24) is 9.78 Å². The zero-order valence-corrected chi connectivity index (χ0v) is 10.9. The van der Waals surface area contributed by atoms with Crippen molar-refractivity contribution in [3.63, 3.8) is 0 Å². The molecule has 0 N–H and O–H groups in total. The molecule has 0 saturated heterocycles. The van der Waals surface area contributed by atoms with Gasteiger partial charge in [-0.05, 0) is 43.6 Å². The maximum absolute atomic E-state index is 11.1. The monoisotopic (exact) mass is 268 g/mol. The van der Waals surface area contributed by atoms with E-state index in [0.717, 1.165) is 17.1 Å². The Balaban J connectivity index is 2.56. The van der Waals surface area contributed by atoms with Gasteiger partial charge in [-0.25, -0.2) is 4.68 Å². The molecule has 0 aliphatic heterocycles. The van der Waals surface area contributed by atoms with Crippen molar-refractivity contribution in [3.05, 3.63) is 46.2 Å². The largest absolute Gasteiger partial charge is 0.276 e. The fourth-order valence-electron chi connectivity index (χ4n) is 1.63. The minimum Gasteiger partial charge on any atom is -0.276 e. The van der Waals surface area contributed by atoms with Gasteiger partial charge >= 0.3 is 0 Å². The lowest BCUT2D eigenvalue weighted by atomic mass is 10.2. The van der Waals surface area contributed by atoms with E-state index in [1.807, 2.05) is 19.9 Å². The molecule has 2 aromatic rings. The summed E-state index contributed by atoms with van der Waals surface area (Å²) in [6.45, 7) is 3.71. The summed E-state index contributed by atoms with van der Waals surface area (Å²) < 4.78 is 1.70. The van der Waals surface area contributed by atoms with Gasteiger partial charge in [0.25, 0.3) is 5.24 Å². The maximum atomic E-state index is 11.1. The van der Waals surface area contributed by atoms with E-state index in [-0.39, 0.29) is 0 Å². The number of aryl methyl sites for hydroxylation is 1. The van der Waals surface area contributed by atoms with E-state index in [4.69, 9.17) is 23.2 Å². The number of rotatable bonds is 2. The molecule has 17 heavy (non-hydrogen) atoms. The second-order valence-electron chi connectivity index (χ2n) is 3.72. The topological polar surface area (TPSA) is 34.9 Å². The quantitative estimate of drug-likeness (QED) is 0.782. The van der Waals surface area contributed by atoms with Crippen LogP contribution in [-0.4, -0.2) is 15.0 Å². The van der Waals surface area contributed by atoms with Crippen LogP contribution in [0.15, 0.2) is 24.3 Å². The van der Waals surface area contributed by atoms with Gasteiger partial charge in [0, 0.05) is 5.56 Å². The molecular weight excluding hydrogens is 259 g/mol. The highest BCUT2D eigenvalue weighted by Crippen LogP contribution is 2.22. The predicted octanol–water partition coefficient (Wildman–Crippen LogP) is 3.52. The molecule has 1 aromatic carbocycles. The lowest BCUT2D eigenvalue weighted by molar-refractivity contribution is 0.108. The van der Waals surface area contributed by atoms with E-state index in [0.29, 0.717) is 10.6 Å². The first-order valence-corrected chi connectivity index (χ1v) is 5.78. The van der Waals surface area contributed by atoms with Crippen molar-refractivity contribution >= 4 is 28.4 Å². The fraction of sp³-hybridized carbons (Fsp3) is 0.167. The molecule has 0 atom stereocenters. The van der Waals surface area contributed by atoms with E-state index in [1.165, 1.54) is 0 Å². The predicted molar refractivity (Wildman–Crippen MR) is 68.2 cm³/mol. The van der Waals surface area contributed by atoms with Crippen LogP contribution in [0.3, 0.4) is 0 Å². The summed E-state index contributed by atoms with van der Waals surface area (Å²) in [7, 11) is 0. The van der Waals surface area contributed by atoms with Gasteiger partial charge in [0.2, 0.25) is 0 Å². The molecule has 0 amide bonds. The molecule has 0 aliphatic rings. The molecule has 1 aromatic heterocycles. The van der Waals surface area contributed by atoms with Crippen molar-refractivity contribution in [2.45, 2.75) is 13.8 Å². The average Bonchev–Trinajstić information content (AvgIpc) is 2.57. The Morgan fingerprint density at radius 2 is 2.06 bits per heavy atom. The number of nitrogens with zero attached hydrogens (tertiary/aromatic N) is 2. The summed E-state index contributed by atoms with van der Waals surface area (Å²) in [5.74, 6) is 0. The molecular formula is C12H10Cl2N2O. The second kappa shape index (κ2) is 4.51. The van der Waals surface area contributed by atoms with Gasteiger partial charge in [0.1, 0.15) is 0 Å². The third kappa shape index (κ3) is 2.21. The van der Waals surface area contributed by atoms with Gasteiger partial charge in [-0.2, -0.15) is 5.10 Å². The third-order valence-electron chi connectivity index (χ3n) is 2.52. The maximum Gasteiger partial charge on any atom is 0.252 e. The normalized spacial score (nSPS) is 10.6. The standard InChI is InChI=1S/C12H10Cl2N2O/c1-7-11(13)8(2)16(15-7)10-5-3-4-9(6-10)12(14)17/h3-6H,1-2H3. The van der Waals surface area contributed by atoms with Crippen LogP contribution < -0.4 is 0 Å². The first-order chi connectivity index (χ1) is 8.00. The number of carbonyl (C=O) groups excluding carboxylic acids is 1. The molecule has 2 rings (SSSR count). The first-order valence-electron chi connectivity index (χ1n) is 5.02. The van der Waals surface area contributed by atoms with Crippen LogP contribution in [0.2, 0.25) is 5.02 Å². The third-order valence-corrected chi connectivity index (χ3v) is 3.29. The van der Waals surface area contributed by atoms with Gasteiger partial charge in [-0.1, -0.05) is 17.7 Å². The smallest absolute Gasteiger partial charge is 0.252 e. The van der Waals surface area contributed by atoms with Crippen molar-refractivity contribution in [2.24, 2.45) is 0 Å². The van der Waals surface area contributed by atoms with Crippen molar-refractivity contribution < 1.29 is 4.79 Å². The van der Waals surface area contributed by atoms with Crippen LogP contribution in [0.25, 0.3) is 5.69 Å². The van der Waals surface area contributed by atoms with Crippen LogP contribution in [-0.2, 0) is 0 Å². The van der Waals surface area contributed by atoms with E-state index in [2.05, 4.69) is 5.10 Å². The van der Waals surface area contributed by atoms with Gasteiger partial charge in [0.15, 0.2) is 0 Å². The number of aromatic nitrogens is 2. The van der Waals surface area contributed by atoms with Crippen LogP contribution in [0, 0.1) is 13.8 Å². The molecule has 0 unspecified atom stereocenters. The van der Waals surface area contributed by atoms with Crippen LogP contribution >= 0.6 is 23.2 Å². The van der Waals surface area contributed by atoms with Gasteiger partial charge in [0.05, 0.1) is 22.1 Å². The number of halogens is 2. The highest BCUT2D eigenvalue weighted by molar-refractivity contribution is 6.67. The van der Waals surface area contributed by atoms with E-state index in [1.54, 1.807) is 22.9 Å². The summed E-state index contributed by atoms with van der Waals surface area (Å²) in [4.78, 5) is 11.1. The lowest BCUT2D eigenvalue weighted by Crippen LogP contribution is -2.00. The van der Waals surface area contributed by atoms with Crippen molar-refractivity contribution in [1.29, 1.82) is 0 Å². The zero-order valence-electron chi connectivity index (χ0n) is 9.37. The Morgan fingerprint density at radius 3 is 2.59 bits per heavy atom. The Hall–Kier alpha value is -1.32. The summed E-state index contributed by atoms with van der Waals surface area (Å²) in [6.07, 6.45) is 0.